The van der Waals surface area contributed by atoms with Crippen molar-refractivity contribution >= 4 is 21.6 Å². The Morgan fingerprint density at radius 1 is 0.944 bits per heavy atom. The molecule has 1 aliphatic carbocycles. The Bertz CT molecular complexity index is 736. The van der Waals surface area contributed by atoms with E-state index in [1.54, 1.807) is 0 Å². The molecule has 0 heterocycles. The molecule has 1 aliphatic rings. The molecule has 0 bridgehead atoms. The minimum atomic E-state index is -4.75. The van der Waals surface area contributed by atoms with Gasteiger partial charge in [0.15, 0.2) is 0 Å². The molecule has 1 amide bonds. The van der Waals surface area contributed by atoms with Gasteiger partial charge >= 0.3 is 15.6 Å². The van der Waals surface area contributed by atoms with Crippen molar-refractivity contribution in [3.8, 4) is 0 Å². The molecular weight excluding hydrogens is 520 g/mol. The van der Waals surface area contributed by atoms with Gasteiger partial charge in [0.2, 0.25) is 5.91 Å². The first kappa shape index (κ1) is 33.3. The van der Waals surface area contributed by atoms with E-state index in [0.29, 0.717) is 26.4 Å². The standard InChI is InChI=1S/C21H41NO12P2/c1-3-32-35(24,25)34-36(26,27)33-17-16-30-15-14-29-13-12-28-11-10-22-21(23)18-31-20-9-7-5-4-6-8-19(20)2/h8,20H,3-7,9-18H2,1-2H3,(H,22,23)(H,24,25)(H,26,27). The number of ether oxygens (including phenoxy) is 4. The van der Waals surface area contributed by atoms with Crippen molar-refractivity contribution < 1.29 is 56.0 Å². The van der Waals surface area contributed by atoms with Gasteiger partial charge in [-0.3, -0.25) is 13.8 Å². The average Bonchev–Trinajstić information content (AvgIpc) is 2.78. The Morgan fingerprint density at radius 3 is 2.22 bits per heavy atom. The molecule has 36 heavy (non-hydrogen) atoms. The van der Waals surface area contributed by atoms with Crippen LogP contribution in [0.5, 0.6) is 0 Å². The zero-order chi connectivity index (χ0) is 26.7. The van der Waals surface area contributed by atoms with E-state index in [2.05, 4.69) is 31.7 Å². The molecule has 0 aliphatic heterocycles. The van der Waals surface area contributed by atoms with Gasteiger partial charge in [0, 0.05) is 6.54 Å². The largest absolute Gasteiger partial charge is 0.481 e. The topological polar surface area (TPSA) is 168 Å². The predicted octanol–water partition coefficient (Wildman–Crippen LogP) is 2.72. The minimum absolute atomic E-state index is 0.0126. The van der Waals surface area contributed by atoms with Crippen LogP contribution in [0.4, 0.5) is 0 Å². The lowest BCUT2D eigenvalue weighted by molar-refractivity contribution is -0.127. The van der Waals surface area contributed by atoms with E-state index >= 15 is 0 Å². The number of nitrogens with one attached hydrogen (secondary N) is 1. The molecule has 0 aromatic heterocycles. The quantitative estimate of drug-likeness (QED) is 0.113. The molecule has 0 radical (unpaired) electrons. The van der Waals surface area contributed by atoms with Gasteiger partial charge in [-0.25, -0.2) is 9.13 Å². The van der Waals surface area contributed by atoms with Crippen LogP contribution in [0.1, 0.15) is 46.0 Å². The summed E-state index contributed by atoms with van der Waals surface area (Å²) >= 11 is 0. The maximum Gasteiger partial charge on any atom is 0.481 e. The van der Waals surface area contributed by atoms with Crippen molar-refractivity contribution in [2.45, 2.75) is 52.1 Å². The van der Waals surface area contributed by atoms with Crippen LogP contribution in [-0.2, 0) is 46.2 Å². The number of hydrogen-bond donors (Lipinski definition) is 3. The van der Waals surface area contributed by atoms with Gasteiger partial charge in [0.05, 0.1) is 59.0 Å². The van der Waals surface area contributed by atoms with E-state index in [1.165, 1.54) is 25.3 Å². The second-order valence-corrected chi connectivity index (χ2v) is 10.9. The van der Waals surface area contributed by atoms with Crippen molar-refractivity contribution in [2.75, 3.05) is 66.0 Å². The van der Waals surface area contributed by atoms with Crippen molar-refractivity contribution in [3.63, 3.8) is 0 Å². The first-order valence-electron chi connectivity index (χ1n) is 12.1. The van der Waals surface area contributed by atoms with Crippen molar-refractivity contribution in [1.29, 1.82) is 0 Å². The summed E-state index contributed by atoms with van der Waals surface area (Å²) in [6.07, 6.45) is 7.74. The number of carbonyl (C=O) groups excluding carboxylic acids is 1. The van der Waals surface area contributed by atoms with E-state index in [1.807, 2.05) is 0 Å². The molecular formula is C21H41NO12P2. The molecule has 13 nitrogen and oxygen atoms in total. The molecule has 3 unspecified atom stereocenters. The lowest BCUT2D eigenvalue weighted by atomic mass is 9.98. The summed E-state index contributed by atoms with van der Waals surface area (Å²) < 4.78 is 57.4. The molecule has 212 valence electrons. The van der Waals surface area contributed by atoms with Gasteiger partial charge < -0.3 is 34.1 Å². The van der Waals surface area contributed by atoms with Gasteiger partial charge in [0.25, 0.3) is 0 Å². The maximum atomic E-state index is 11.9. The maximum absolute atomic E-state index is 11.9. The molecule has 1 rings (SSSR count). The average molecular weight is 562 g/mol. The molecule has 3 atom stereocenters. The van der Waals surface area contributed by atoms with Crippen LogP contribution in [0, 0.1) is 0 Å². The number of rotatable bonds is 20. The smallest absolute Gasteiger partial charge is 0.377 e. The van der Waals surface area contributed by atoms with Crippen molar-refractivity contribution in [3.05, 3.63) is 11.6 Å². The molecule has 0 spiro atoms. The van der Waals surface area contributed by atoms with Gasteiger partial charge in [-0.05, 0) is 38.7 Å². The molecule has 0 fully saturated rings. The molecule has 0 saturated heterocycles. The highest BCUT2D eigenvalue weighted by Crippen LogP contribution is 2.60. The summed E-state index contributed by atoms with van der Waals surface area (Å²) in [5, 5.41) is 2.76. The van der Waals surface area contributed by atoms with Crippen molar-refractivity contribution in [1.82, 2.24) is 5.32 Å². The summed E-state index contributed by atoms with van der Waals surface area (Å²) in [5.74, 6) is -0.172. The zero-order valence-electron chi connectivity index (χ0n) is 21.1. The Labute approximate surface area is 213 Å². The van der Waals surface area contributed by atoms with Gasteiger partial charge in [-0.2, -0.15) is 4.31 Å². The van der Waals surface area contributed by atoms with E-state index in [9.17, 15) is 23.7 Å². The van der Waals surface area contributed by atoms with Gasteiger partial charge in [-0.1, -0.05) is 18.9 Å². The first-order chi connectivity index (χ1) is 17.2. The van der Waals surface area contributed by atoms with Crippen LogP contribution >= 0.6 is 15.6 Å². The number of carbonyl (C=O) groups is 1. The fourth-order valence-corrected chi connectivity index (χ4v) is 5.19. The van der Waals surface area contributed by atoms with Crippen LogP contribution in [0.25, 0.3) is 0 Å². The first-order valence-corrected chi connectivity index (χ1v) is 15.1. The van der Waals surface area contributed by atoms with Gasteiger partial charge in [-0.15, -0.1) is 0 Å². The monoisotopic (exact) mass is 561 g/mol. The molecule has 0 saturated carbocycles. The zero-order valence-corrected chi connectivity index (χ0v) is 22.9. The van der Waals surface area contributed by atoms with Crippen LogP contribution in [-0.4, -0.2) is 87.8 Å². The summed E-state index contributed by atoms with van der Waals surface area (Å²) in [4.78, 5) is 30.5. The third kappa shape index (κ3) is 17.7. The van der Waals surface area contributed by atoms with Crippen LogP contribution in [0.15, 0.2) is 11.6 Å². The molecule has 0 aromatic carbocycles. The SMILES string of the molecule is CCOP(=O)(O)OP(=O)(O)OCCOCCOCCOCCNC(=O)COC1CCCCCC=C1C. The predicted molar refractivity (Wildman–Crippen MR) is 130 cm³/mol. The summed E-state index contributed by atoms with van der Waals surface area (Å²) in [6.45, 7) is 4.79. The number of phosphoric ester groups is 2. The molecule has 3 N–H and O–H groups in total. The van der Waals surface area contributed by atoms with Crippen LogP contribution < -0.4 is 5.32 Å². The minimum Gasteiger partial charge on any atom is -0.377 e. The van der Waals surface area contributed by atoms with E-state index in [4.69, 9.17) is 18.9 Å². The van der Waals surface area contributed by atoms with E-state index in [-0.39, 0.29) is 51.7 Å². The third-order valence-electron chi connectivity index (χ3n) is 4.85. The molecule has 15 heteroatoms. The fraction of sp³-hybridized carbons (Fsp3) is 0.857. The fourth-order valence-electron chi connectivity index (χ4n) is 3.14. The van der Waals surface area contributed by atoms with Crippen molar-refractivity contribution in [2.24, 2.45) is 0 Å². The molecule has 0 aromatic rings. The highest BCUT2D eigenvalue weighted by molar-refractivity contribution is 7.61. The highest BCUT2D eigenvalue weighted by atomic mass is 31.3. The third-order valence-corrected chi connectivity index (χ3v) is 7.60. The van der Waals surface area contributed by atoms with Crippen LogP contribution in [0.2, 0.25) is 0 Å². The Kier molecular flexibility index (Phi) is 18.0. The Balaban J connectivity index is 1.93. The van der Waals surface area contributed by atoms with E-state index < -0.39 is 15.6 Å². The normalized spacial score (nSPS) is 20.0. The van der Waals surface area contributed by atoms with E-state index in [0.717, 1.165) is 19.3 Å². The Morgan fingerprint density at radius 2 is 1.56 bits per heavy atom. The number of hydrogen-bond acceptors (Lipinski definition) is 10. The number of phosphoric acid groups is 2. The highest BCUT2D eigenvalue weighted by Gasteiger charge is 2.34. The second kappa shape index (κ2) is 19.4. The summed E-state index contributed by atoms with van der Waals surface area (Å²) in [7, 11) is -9.40. The second-order valence-electron chi connectivity index (χ2n) is 7.84. The van der Waals surface area contributed by atoms with Crippen LogP contribution in [0.3, 0.4) is 0 Å². The van der Waals surface area contributed by atoms with Gasteiger partial charge in [0.1, 0.15) is 6.61 Å². The summed E-state index contributed by atoms with van der Waals surface area (Å²) in [6, 6.07) is 0. The lowest BCUT2D eigenvalue weighted by Gasteiger charge is -2.20. The number of amides is 1. The lowest BCUT2D eigenvalue weighted by Crippen LogP contribution is -2.32. The summed E-state index contributed by atoms with van der Waals surface area (Å²) in [5.41, 5.74) is 1.20. The Hall–Kier alpha value is -0.690. The number of allylic oxidation sites excluding steroid dienone is 1.